The fourth-order valence-corrected chi connectivity index (χ4v) is 3.19. The number of aryl methyl sites for hydroxylation is 2. The van der Waals surface area contributed by atoms with Gasteiger partial charge >= 0.3 is 0 Å². The van der Waals surface area contributed by atoms with E-state index in [-0.39, 0.29) is 12.0 Å². The van der Waals surface area contributed by atoms with Crippen LogP contribution in [0.3, 0.4) is 0 Å². The van der Waals surface area contributed by atoms with E-state index in [1.54, 1.807) is 18.6 Å². The standard InChI is InChI=1S/C18H26N6O2/c1-4-15-19-8-10-23(15)9-5-16(25)24-11-12-26-14(13-24)17-18(22(2)3)21-7-6-20-17/h6-8,10,14H,4-5,9,11-13H2,1-3H3/t14-/m0/s1. The molecule has 140 valence electrons. The fourth-order valence-electron chi connectivity index (χ4n) is 3.19. The summed E-state index contributed by atoms with van der Waals surface area (Å²) in [6.07, 6.45) is 8.11. The van der Waals surface area contributed by atoms with Crippen molar-refractivity contribution in [3.05, 3.63) is 36.3 Å². The first-order valence-corrected chi connectivity index (χ1v) is 8.97. The SMILES string of the molecule is CCc1nccn1CCC(=O)N1CCO[C@H](c2nccnc2N(C)C)C1. The Morgan fingerprint density at radius 2 is 2.08 bits per heavy atom. The maximum atomic E-state index is 12.7. The van der Waals surface area contributed by atoms with Crippen LogP contribution < -0.4 is 4.90 Å². The van der Waals surface area contributed by atoms with Gasteiger partial charge in [0.25, 0.3) is 0 Å². The minimum Gasteiger partial charge on any atom is -0.368 e. The van der Waals surface area contributed by atoms with Crippen LogP contribution in [0.5, 0.6) is 0 Å². The van der Waals surface area contributed by atoms with Crippen molar-refractivity contribution in [2.75, 3.05) is 38.7 Å². The quantitative estimate of drug-likeness (QED) is 0.775. The van der Waals surface area contributed by atoms with Crippen molar-refractivity contribution < 1.29 is 9.53 Å². The minimum absolute atomic E-state index is 0.129. The van der Waals surface area contributed by atoms with Crippen molar-refractivity contribution in [2.24, 2.45) is 0 Å². The Morgan fingerprint density at radius 3 is 2.85 bits per heavy atom. The van der Waals surface area contributed by atoms with Crippen LogP contribution in [0.15, 0.2) is 24.8 Å². The van der Waals surface area contributed by atoms with Crippen molar-refractivity contribution in [3.63, 3.8) is 0 Å². The lowest BCUT2D eigenvalue weighted by Gasteiger charge is -2.33. The monoisotopic (exact) mass is 358 g/mol. The van der Waals surface area contributed by atoms with E-state index in [9.17, 15) is 4.79 Å². The highest BCUT2D eigenvalue weighted by atomic mass is 16.5. The van der Waals surface area contributed by atoms with Crippen molar-refractivity contribution in [2.45, 2.75) is 32.4 Å². The van der Waals surface area contributed by atoms with Gasteiger partial charge in [-0.15, -0.1) is 0 Å². The molecule has 0 bridgehead atoms. The van der Waals surface area contributed by atoms with Crippen molar-refractivity contribution in [1.82, 2.24) is 24.4 Å². The maximum Gasteiger partial charge on any atom is 0.224 e. The van der Waals surface area contributed by atoms with E-state index in [1.165, 1.54) is 0 Å². The summed E-state index contributed by atoms with van der Waals surface area (Å²) in [5, 5.41) is 0. The summed E-state index contributed by atoms with van der Waals surface area (Å²) in [6.45, 7) is 4.33. The number of carbonyl (C=O) groups is 1. The molecule has 2 aromatic heterocycles. The summed E-state index contributed by atoms with van der Waals surface area (Å²) in [5.41, 5.74) is 0.776. The third-order valence-corrected chi connectivity index (χ3v) is 4.54. The van der Waals surface area contributed by atoms with E-state index in [4.69, 9.17) is 4.74 Å². The molecule has 1 aliphatic heterocycles. The molecule has 0 unspecified atom stereocenters. The van der Waals surface area contributed by atoms with Gasteiger partial charge in [-0.2, -0.15) is 0 Å². The first-order chi connectivity index (χ1) is 12.6. The summed E-state index contributed by atoms with van der Waals surface area (Å²) in [7, 11) is 3.85. The van der Waals surface area contributed by atoms with Gasteiger partial charge in [-0.3, -0.25) is 9.78 Å². The normalized spacial score (nSPS) is 17.3. The first kappa shape index (κ1) is 18.3. The predicted octanol–water partition coefficient (Wildman–Crippen LogP) is 1.29. The van der Waals surface area contributed by atoms with Crippen LogP contribution in [0.25, 0.3) is 0 Å². The Kier molecular flexibility index (Phi) is 5.82. The van der Waals surface area contributed by atoms with Crippen LogP contribution in [-0.2, 0) is 22.5 Å². The van der Waals surface area contributed by atoms with Gasteiger partial charge in [-0.1, -0.05) is 6.92 Å². The molecule has 8 heteroatoms. The highest BCUT2D eigenvalue weighted by Crippen LogP contribution is 2.26. The average molecular weight is 358 g/mol. The second kappa shape index (κ2) is 8.27. The van der Waals surface area contributed by atoms with Crippen LogP contribution in [-0.4, -0.2) is 64.1 Å². The molecule has 8 nitrogen and oxygen atoms in total. The number of carbonyl (C=O) groups excluding carboxylic acids is 1. The zero-order chi connectivity index (χ0) is 18.5. The van der Waals surface area contributed by atoms with Crippen LogP contribution >= 0.6 is 0 Å². The Labute approximate surface area is 153 Å². The summed E-state index contributed by atoms with van der Waals surface area (Å²) >= 11 is 0. The first-order valence-electron chi connectivity index (χ1n) is 8.97. The summed E-state index contributed by atoms with van der Waals surface area (Å²) < 4.78 is 7.93. The number of nitrogens with zero attached hydrogens (tertiary/aromatic N) is 6. The summed E-state index contributed by atoms with van der Waals surface area (Å²) in [5.74, 6) is 1.91. The predicted molar refractivity (Wildman–Crippen MR) is 97.9 cm³/mol. The average Bonchev–Trinajstić information content (AvgIpc) is 3.13. The van der Waals surface area contributed by atoms with Gasteiger partial charge in [0.05, 0.1) is 13.2 Å². The van der Waals surface area contributed by atoms with Crippen LogP contribution in [0.1, 0.15) is 31.0 Å². The lowest BCUT2D eigenvalue weighted by Crippen LogP contribution is -2.43. The van der Waals surface area contributed by atoms with Gasteiger partial charge in [0.1, 0.15) is 17.6 Å². The molecule has 0 spiro atoms. The molecular weight excluding hydrogens is 332 g/mol. The zero-order valence-electron chi connectivity index (χ0n) is 15.6. The Bertz CT molecular complexity index is 745. The lowest BCUT2D eigenvalue weighted by atomic mass is 10.1. The number of imidazole rings is 1. The van der Waals surface area contributed by atoms with Gasteiger partial charge in [0.2, 0.25) is 5.91 Å². The topological polar surface area (TPSA) is 76.4 Å². The van der Waals surface area contributed by atoms with Crippen molar-refractivity contribution >= 4 is 11.7 Å². The largest absolute Gasteiger partial charge is 0.368 e. The van der Waals surface area contributed by atoms with Crippen LogP contribution in [0.2, 0.25) is 0 Å². The van der Waals surface area contributed by atoms with E-state index >= 15 is 0 Å². The molecule has 1 aliphatic rings. The highest BCUT2D eigenvalue weighted by molar-refractivity contribution is 5.76. The number of morpholine rings is 1. The number of hydrogen-bond acceptors (Lipinski definition) is 6. The molecule has 0 radical (unpaired) electrons. The van der Waals surface area contributed by atoms with E-state index in [2.05, 4.69) is 21.9 Å². The molecule has 3 rings (SSSR count). The van der Waals surface area contributed by atoms with E-state index in [1.807, 2.05) is 34.7 Å². The molecule has 0 aromatic carbocycles. The smallest absolute Gasteiger partial charge is 0.224 e. The van der Waals surface area contributed by atoms with Gasteiger partial charge in [-0.25, -0.2) is 9.97 Å². The molecule has 3 heterocycles. The molecular formula is C18H26N6O2. The molecule has 1 atom stereocenters. The number of ether oxygens (including phenoxy) is 1. The van der Waals surface area contributed by atoms with Gasteiger partial charge < -0.3 is 19.1 Å². The van der Waals surface area contributed by atoms with Crippen molar-refractivity contribution in [3.8, 4) is 0 Å². The third kappa shape index (κ3) is 4.01. The maximum absolute atomic E-state index is 12.7. The zero-order valence-corrected chi connectivity index (χ0v) is 15.6. The second-order valence-electron chi connectivity index (χ2n) is 6.50. The molecule has 26 heavy (non-hydrogen) atoms. The molecule has 1 amide bonds. The van der Waals surface area contributed by atoms with Crippen LogP contribution in [0.4, 0.5) is 5.82 Å². The number of amides is 1. The number of rotatable bonds is 6. The summed E-state index contributed by atoms with van der Waals surface area (Å²) in [6, 6.07) is 0. The Morgan fingerprint density at radius 1 is 1.27 bits per heavy atom. The molecule has 0 aliphatic carbocycles. The van der Waals surface area contributed by atoms with Gasteiger partial charge in [-0.05, 0) is 0 Å². The van der Waals surface area contributed by atoms with E-state index < -0.39 is 0 Å². The third-order valence-electron chi connectivity index (χ3n) is 4.54. The van der Waals surface area contributed by atoms with Gasteiger partial charge in [0, 0.05) is 64.8 Å². The molecule has 0 N–H and O–H groups in total. The van der Waals surface area contributed by atoms with Crippen LogP contribution in [0, 0.1) is 0 Å². The molecule has 1 saturated heterocycles. The molecule has 1 fully saturated rings. The minimum atomic E-state index is -0.252. The van der Waals surface area contributed by atoms with Gasteiger partial charge in [0.15, 0.2) is 5.82 Å². The Hall–Kier alpha value is -2.48. The number of anilines is 1. The van der Waals surface area contributed by atoms with E-state index in [0.717, 1.165) is 23.8 Å². The lowest BCUT2D eigenvalue weighted by molar-refractivity contribution is -0.139. The van der Waals surface area contributed by atoms with E-state index in [0.29, 0.717) is 32.7 Å². The number of aromatic nitrogens is 4. The molecule has 0 saturated carbocycles. The number of hydrogen-bond donors (Lipinski definition) is 0. The fraction of sp³-hybridized carbons (Fsp3) is 0.556. The van der Waals surface area contributed by atoms with Crippen molar-refractivity contribution in [1.29, 1.82) is 0 Å². The molecule has 2 aromatic rings. The summed E-state index contributed by atoms with van der Waals surface area (Å²) in [4.78, 5) is 29.6. The second-order valence-corrected chi connectivity index (χ2v) is 6.50. The Balaban J connectivity index is 1.64. The highest BCUT2D eigenvalue weighted by Gasteiger charge is 2.28.